The second-order valence-corrected chi connectivity index (χ2v) is 7.76. The van der Waals surface area contributed by atoms with Gasteiger partial charge in [-0.05, 0) is 36.4 Å². The molecule has 3 aromatic heterocycles. The second-order valence-electron chi connectivity index (χ2n) is 5.56. The predicted molar refractivity (Wildman–Crippen MR) is 101 cm³/mol. The van der Waals surface area contributed by atoms with E-state index in [9.17, 15) is 13.2 Å². The van der Waals surface area contributed by atoms with Crippen molar-refractivity contribution in [2.24, 2.45) is 0 Å². The molecule has 0 radical (unpaired) electrons. The lowest BCUT2D eigenvalue weighted by molar-refractivity contribution is -0.274. The van der Waals surface area contributed by atoms with Crippen LogP contribution >= 0.6 is 23.1 Å². The lowest BCUT2D eigenvalue weighted by Gasteiger charge is -2.09. The summed E-state index contributed by atoms with van der Waals surface area (Å²) in [6.45, 7) is 0. The normalized spacial score (nSPS) is 11.7. The standard InChI is InChI=1S/C17H12F3N5OS2/c18-17(19,20)26-13-6-4-11(5-7-13)22-15-23-24-16(28-15)27-10-12-9-25-8-2-1-3-14(25)21-12/h1-9H,10H2,(H,22,23). The number of ether oxygens (including phenoxy) is 1. The first-order valence-electron chi connectivity index (χ1n) is 7.96. The zero-order chi connectivity index (χ0) is 19.6. The van der Waals surface area contributed by atoms with Gasteiger partial charge in [-0.3, -0.25) is 0 Å². The van der Waals surface area contributed by atoms with Crippen LogP contribution in [0.15, 0.2) is 59.2 Å². The molecule has 6 nitrogen and oxygen atoms in total. The highest BCUT2D eigenvalue weighted by Crippen LogP contribution is 2.30. The molecule has 0 unspecified atom stereocenters. The summed E-state index contributed by atoms with van der Waals surface area (Å²) in [7, 11) is 0. The quantitative estimate of drug-likeness (QED) is 0.434. The van der Waals surface area contributed by atoms with Gasteiger partial charge in [0.2, 0.25) is 5.13 Å². The van der Waals surface area contributed by atoms with Crippen molar-refractivity contribution in [3.05, 3.63) is 60.6 Å². The van der Waals surface area contributed by atoms with Crippen LogP contribution < -0.4 is 10.1 Å². The Kier molecular flexibility index (Phi) is 5.09. The summed E-state index contributed by atoms with van der Waals surface area (Å²) in [4.78, 5) is 4.53. The van der Waals surface area contributed by atoms with Crippen molar-refractivity contribution in [3.63, 3.8) is 0 Å². The van der Waals surface area contributed by atoms with Crippen molar-refractivity contribution >= 4 is 39.6 Å². The first-order chi connectivity index (χ1) is 13.4. The van der Waals surface area contributed by atoms with E-state index >= 15 is 0 Å². The molecule has 11 heteroatoms. The molecule has 0 aliphatic carbocycles. The van der Waals surface area contributed by atoms with E-state index in [1.807, 2.05) is 35.0 Å². The van der Waals surface area contributed by atoms with Gasteiger partial charge in [0.1, 0.15) is 11.4 Å². The van der Waals surface area contributed by atoms with Crippen LogP contribution in [0.2, 0.25) is 0 Å². The molecule has 0 aliphatic rings. The number of nitrogens with zero attached hydrogens (tertiary/aromatic N) is 4. The molecule has 4 aromatic rings. The Morgan fingerprint density at radius 2 is 1.93 bits per heavy atom. The Balaban J connectivity index is 1.35. The number of hydrogen-bond acceptors (Lipinski definition) is 7. The Labute approximate surface area is 165 Å². The fraction of sp³-hybridized carbons (Fsp3) is 0.118. The minimum atomic E-state index is -4.71. The highest BCUT2D eigenvalue weighted by Gasteiger charge is 2.30. The van der Waals surface area contributed by atoms with Crippen molar-refractivity contribution in [1.29, 1.82) is 0 Å². The number of thioether (sulfide) groups is 1. The maximum atomic E-state index is 12.2. The minimum Gasteiger partial charge on any atom is -0.406 e. The fourth-order valence-electron chi connectivity index (χ4n) is 2.37. The maximum absolute atomic E-state index is 12.2. The topological polar surface area (TPSA) is 64.3 Å². The van der Waals surface area contributed by atoms with Gasteiger partial charge in [0, 0.05) is 23.8 Å². The summed E-state index contributed by atoms with van der Waals surface area (Å²) in [6.07, 6.45) is -0.803. The van der Waals surface area contributed by atoms with Gasteiger partial charge in [-0.2, -0.15) is 0 Å². The fourth-order valence-corrected chi connectivity index (χ4v) is 4.03. The van der Waals surface area contributed by atoms with Crippen molar-refractivity contribution in [1.82, 2.24) is 19.6 Å². The van der Waals surface area contributed by atoms with Gasteiger partial charge in [-0.1, -0.05) is 29.2 Å². The Bertz CT molecular complexity index is 1050. The molecule has 1 aromatic carbocycles. The van der Waals surface area contributed by atoms with Crippen LogP contribution in [-0.4, -0.2) is 25.9 Å². The lowest BCUT2D eigenvalue weighted by Crippen LogP contribution is -2.16. The lowest BCUT2D eigenvalue weighted by atomic mass is 10.3. The average molecular weight is 423 g/mol. The van der Waals surface area contributed by atoms with E-state index < -0.39 is 6.36 Å². The van der Waals surface area contributed by atoms with Crippen LogP contribution in [0.4, 0.5) is 24.0 Å². The Morgan fingerprint density at radius 1 is 1.11 bits per heavy atom. The average Bonchev–Trinajstić information content (AvgIpc) is 3.26. The predicted octanol–water partition coefficient (Wildman–Crippen LogP) is 5.12. The molecule has 0 fully saturated rings. The van der Waals surface area contributed by atoms with Crippen molar-refractivity contribution in [2.75, 3.05) is 5.32 Å². The van der Waals surface area contributed by atoms with Gasteiger partial charge in [-0.15, -0.1) is 23.4 Å². The largest absolute Gasteiger partial charge is 0.573 e. The van der Waals surface area contributed by atoms with Crippen LogP contribution in [0.3, 0.4) is 0 Å². The van der Waals surface area contributed by atoms with Crippen molar-refractivity contribution in [3.8, 4) is 5.75 Å². The highest BCUT2D eigenvalue weighted by molar-refractivity contribution is 8.00. The molecule has 0 aliphatic heterocycles. The van der Waals surface area contributed by atoms with Crippen molar-refractivity contribution < 1.29 is 17.9 Å². The summed E-state index contributed by atoms with van der Waals surface area (Å²) in [5.74, 6) is 0.374. The number of fused-ring (bicyclic) bond motifs is 1. The molecule has 28 heavy (non-hydrogen) atoms. The number of anilines is 2. The molecular weight excluding hydrogens is 411 g/mol. The molecule has 144 valence electrons. The van der Waals surface area contributed by atoms with Crippen molar-refractivity contribution in [2.45, 2.75) is 16.5 Å². The smallest absolute Gasteiger partial charge is 0.406 e. The van der Waals surface area contributed by atoms with E-state index in [4.69, 9.17) is 0 Å². The molecular formula is C17H12F3N5OS2. The Hall–Kier alpha value is -2.79. The number of rotatable bonds is 6. The third-order valence-corrected chi connectivity index (χ3v) is 5.51. The molecule has 4 rings (SSSR count). The first-order valence-corrected chi connectivity index (χ1v) is 9.77. The SMILES string of the molecule is FC(F)(F)Oc1ccc(Nc2nnc(SCc3cn4ccccc4n3)s2)cc1. The molecule has 3 heterocycles. The molecule has 0 atom stereocenters. The number of aromatic nitrogens is 4. The highest BCUT2D eigenvalue weighted by atomic mass is 32.2. The van der Waals surface area contributed by atoms with Gasteiger partial charge >= 0.3 is 6.36 Å². The Morgan fingerprint density at radius 3 is 2.68 bits per heavy atom. The molecule has 0 saturated heterocycles. The molecule has 0 bridgehead atoms. The number of alkyl halides is 3. The van der Waals surface area contributed by atoms with Gasteiger partial charge < -0.3 is 14.5 Å². The zero-order valence-electron chi connectivity index (χ0n) is 14.1. The summed E-state index contributed by atoms with van der Waals surface area (Å²) in [6, 6.07) is 11.2. The summed E-state index contributed by atoms with van der Waals surface area (Å²) >= 11 is 2.86. The third-order valence-electron chi connectivity index (χ3n) is 3.50. The van der Waals surface area contributed by atoms with E-state index in [0.717, 1.165) is 15.7 Å². The van der Waals surface area contributed by atoms with E-state index in [1.54, 1.807) is 0 Å². The number of pyridine rings is 1. The van der Waals surface area contributed by atoms with Crippen LogP contribution in [0.25, 0.3) is 5.65 Å². The van der Waals surface area contributed by atoms with Gasteiger partial charge in [0.05, 0.1) is 5.69 Å². The third kappa shape index (κ3) is 4.73. The van der Waals surface area contributed by atoms with E-state index in [0.29, 0.717) is 16.6 Å². The zero-order valence-corrected chi connectivity index (χ0v) is 15.7. The molecule has 1 N–H and O–H groups in total. The molecule has 0 spiro atoms. The monoisotopic (exact) mass is 423 g/mol. The molecule has 0 saturated carbocycles. The first kappa shape index (κ1) is 18.6. The van der Waals surface area contributed by atoms with Crippen LogP contribution in [0.5, 0.6) is 5.75 Å². The van der Waals surface area contributed by atoms with Gasteiger partial charge in [0.25, 0.3) is 0 Å². The second kappa shape index (κ2) is 7.68. The minimum absolute atomic E-state index is 0.279. The number of imidazole rings is 1. The number of halogens is 3. The number of nitrogens with one attached hydrogen (secondary N) is 1. The summed E-state index contributed by atoms with van der Waals surface area (Å²) in [5, 5.41) is 11.7. The number of benzene rings is 1. The maximum Gasteiger partial charge on any atom is 0.573 e. The van der Waals surface area contributed by atoms with E-state index in [1.165, 1.54) is 47.4 Å². The van der Waals surface area contributed by atoms with Crippen LogP contribution in [0.1, 0.15) is 5.69 Å². The van der Waals surface area contributed by atoms with E-state index in [2.05, 4.69) is 25.2 Å². The van der Waals surface area contributed by atoms with Gasteiger partial charge in [-0.25, -0.2) is 4.98 Å². The summed E-state index contributed by atoms with van der Waals surface area (Å²) in [5.41, 5.74) is 2.40. The van der Waals surface area contributed by atoms with Gasteiger partial charge in [0.15, 0.2) is 4.34 Å². The molecule has 0 amide bonds. The van der Waals surface area contributed by atoms with E-state index in [-0.39, 0.29) is 5.75 Å². The number of hydrogen-bond donors (Lipinski definition) is 1. The summed E-state index contributed by atoms with van der Waals surface area (Å²) < 4.78 is 43.1. The van der Waals surface area contributed by atoms with Crippen LogP contribution in [0, 0.1) is 0 Å². The van der Waals surface area contributed by atoms with Crippen LogP contribution in [-0.2, 0) is 5.75 Å².